The van der Waals surface area contributed by atoms with Crippen LogP contribution in [0.15, 0.2) is 60.8 Å². The highest BCUT2D eigenvalue weighted by atomic mass is 16.3. The minimum Gasteiger partial charge on any atom is -0.387 e. The minimum atomic E-state index is -0.576. The number of rotatable bonds is 9. The Balaban J connectivity index is 2.17. The molecule has 178 valence electrons. The van der Waals surface area contributed by atoms with Crippen molar-refractivity contribution in [2.75, 3.05) is 19.7 Å². The van der Waals surface area contributed by atoms with Crippen LogP contribution in [-0.4, -0.2) is 45.2 Å². The van der Waals surface area contributed by atoms with Gasteiger partial charge in [-0.3, -0.25) is 4.79 Å². The highest BCUT2D eigenvalue weighted by Gasteiger charge is 2.37. The molecular formula is C27H33N5O2. The van der Waals surface area contributed by atoms with E-state index < -0.39 is 12.6 Å². The third-order valence-electron chi connectivity index (χ3n) is 5.72. The van der Waals surface area contributed by atoms with E-state index >= 15 is 0 Å². The summed E-state index contributed by atoms with van der Waals surface area (Å²) >= 11 is 0. The Morgan fingerprint density at radius 1 is 1.21 bits per heavy atom. The number of amides is 1. The van der Waals surface area contributed by atoms with Crippen LogP contribution in [0.4, 0.5) is 0 Å². The van der Waals surface area contributed by atoms with Gasteiger partial charge in [-0.1, -0.05) is 63.2 Å². The Morgan fingerprint density at radius 2 is 1.94 bits per heavy atom. The number of nitrogens with zero attached hydrogens (tertiary/aromatic N) is 4. The first-order valence-corrected chi connectivity index (χ1v) is 11.5. The summed E-state index contributed by atoms with van der Waals surface area (Å²) in [5.74, 6) is 0.378. The van der Waals surface area contributed by atoms with E-state index in [9.17, 15) is 15.2 Å². The number of aromatic nitrogens is 2. The highest BCUT2D eigenvalue weighted by molar-refractivity contribution is 5.77. The molecule has 3 rings (SSSR count). The molecule has 34 heavy (non-hydrogen) atoms. The van der Waals surface area contributed by atoms with Crippen molar-refractivity contribution < 1.29 is 9.90 Å². The number of hydrogen-bond acceptors (Lipinski definition) is 5. The summed E-state index contributed by atoms with van der Waals surface area (Å²) in [4.78, 5) is 19.6. The first-order valence-electron chi connectivity index (χ1n) is 11.5. The lowest BCUT2D eigenvalue weighted by molar-refractivity contribution is -0.139. The van der Waals surface area contributed by atoms with Gasteiger partial charge in [0.05, 0.1) is 23.4 Å². The number of hydrogen-bond donors (Lipinski definition) is 2. The number of carbonyl (C=O) groups is 1. The molecule has 0 aliphatic heterocycles. The molecule has 0 spiro atoms. The topological polar surface area (TPSA) is 108 Å². The second kappa shape index (κ2) is 11.1. The number of aliphatic hydroxyl groups excluding tert-OH is 1. The Kier molecular flexibility index (Phi) is 8.21. The number of aliphatic hydroxyl groups is 1. The normalized spacial score (nSPS) is 12.2. The van der Waals surface area contributed by atoms with Crippen LogP contribution in [0.2, 0.25) is 0 Å². The summed E-state index contributed by atoms with van der Waals surface area (Å²) in [5.41, 5.74) is 8.72. The van der Waals surface area contributed by atoms with E-state index in [2.05, 4.69) is 31.4 Å². The molecule has 0 bridgehead atoms. The summed E-state index contributed by atoms with van der Waals surface area (Å²) < 4.78 is 2.05. The van der Waals surface area contributed by atoms with Gasteiger partial charge >= 0.3 is 0 Å². The summed E-state index contributed by atoms with van der Waals surface area (Å²) in [7, 11) is 0. The van der Waals surface area contributed by atoms with Crippen LogP contribution in [0.25, 0.3) is 11.3 Å². The van der Waals surface area contributed by atoms with Crippen LogP contribution < -0.4 is 5.73 Å². The lowest BCUT2D eigenvalue weighted by Crippen LogP contribution is -2.44. The van der Waals surface area contributed by atoms with Crippen molar-refractivity contribution in [1.82, 2.24) is 14.5 Å². The maximum Gasteiger partial charge on any atom is 0.248 e. The van der Waals surface area contributed by atoms with Gasteiger partial charge in [0, 0.05) is 24.8 Å². The Labute approximate surface area is 201 Å². The Hall–Kier alpha value is -3.47. The van der Waals surface area contributed by atoms with Crippen LogP contribution in [0.1, 0.15) is 50.2 Å². The van der Waals surface area contributed by atoms with Gasteiger partial charge in [-0.15, -0.1) is 0 Å². The van der Waals surface area contributed by atoms with Crippen molar-refractivity contribution >= 4 is 5.91 Å². The number of nitrogens with two attached hydrogens (primary N) is 1. The largest absolute Gasteiger partial charge is 0.387 e. The predicted octanol–water partition coefficient (Wildman–Crippen LogP) is 3.73. The van der Waals surface area contributed by atoms with Crippen molar-refractivity contribution in [3.05, 3.63) is 77.7 Å². The van der Waals surface area contributed by atoms with Crippen LogP contribution >= 0.6 is 0 Å². The van der Waals surface area contributed by atoms with Gasteiger partial charge in [0.15, 0.2) is 0 Å². The number of benzene rings is 2. The maximum atomic E-state index is 12.9. The highest BCUT2D eigenvalue weighted by Crippen LogP contribution is 2.39. The van der Waals surface area contributed by atoms with Crippen LogP contribution in [0, 0.1) is 16.7 Å². The van der Waals surface area contributed by atoms with E-state index in [0.717, 1.165) is 22.6 Å². The zero-order chi connectivity index (χ0) is 24.7. The lowest BCUT2D eigenvalue weighted by atomic mass is 9.84. The molecule has 0 saturated carbocycles. The van der Waals surface area contributed by atoms with Gasteiger partial charge in [-0.25, -0.2) is 4.98 Å². The molecule has 1 atom stereocenters. The standard InChI is InChI=1S/C27H33N5O2/c1-27(2,3)25(32(14-8-13-28)24(34)19-33)26-30-23(22-11-5-4-6-12-22)18-31(26)17-21-10-7-9-20(15-21)16-29/h4-7,9-12,15,18,25,33H,8,13-14,17,19,28H2,1-3H3. The Morgan fingerprint density at radius 3 is 2.56 bits per heavy atom. The van der Waals surface area contributed by atoms with Gasteiger partial charge < -0.3 is 20.3 Å². The summed E-state index contributed by atoms with van der Waals surface area (Å²) in [6.45, 7) is 6.98. The monoisotopic (exact) mass is 459 g/mol. The SMILES string of the molecule is CC(C)(C)C(c1nc(-c2ccccc2)cn1Cc1cccc(C#N)c1)N(CCCN)C(=O)CO. The van der Waals surface area contributed by atoms with E-state index in [1.54, 1.807) is 11.0 Å². The number of imidazole rings is 1. The van der Waals surface area contributed by atoms with Crippen molar-refractivity contribution in [3.63, 3.8) is 0 Å². The zero-order valence-corrected chi connectivity index (χ0v) is 20.1. The van der Waals surface area contributed by atoms with E-state index in [1.165, 1.54) is 0 Å². The van der Waals surface area contributed by atoms with Gasteiger partial charge in [-0.05, 0) is 36.1 Å². The van der Waals surface area contributed by atoms with E-state index in [1.807, 2.05) is 54.7 Å². The fourth-order valence-corrected chi connectivity index (χ4v) is 4.20. The Bertz CT molecular complexity index is 1140. The van der Waals surface area contributed by atoms with Crippen molar-refractivity contribution in [2.24, 2.45) is 11.1 Å². The van der Waals surface area contributed by atoms with Gasteiger partial charge in [0.2, 0.25) is 5.91 Å². The molecule has 0 aliphatic carbocycles. The zero-order valence-electron chi connectivity index (χ0n) is 20.1. The van der Waals surface area contributed by atoms with Crippen molar-refractivity contribution in [2.45, 2.75) is 39.8 Å². The molecule has 1 heterocycles. The predicted molar refractivity (Wildman–Crippen MR) is 133 cm³/mol. The summed E-state index contributed by atoms with van der Waals surface area (Å²) in [5, 5.41) is 19.1. The maximum absolute atomic E-state index is 12.9. The minimum absolute atomic E-state index is 0.351. The van der Waals surface area contributed by atoms with Gasteiger partial charge in [0.25, 0.3) is 0 Å². The fraction of sp³-hybridized carbons (Fsp3) is 0.370. The van der Waals surface area contributed by atoms with Crippen LogP contribution in [0.5, 0.6) is 0 Å². The average molecular weight is 460 g/mol. The van der Waals surface area contributed by atoms with Crippen molar-refractivity contribution in [3.8, 4) is 17.3 Å². The molecule has 1 aromatic heterocycles. The van der Waals surface area contributed by atoms with E-state index in [0.29, 0.717) is 31.6 Å². The smallest absolute Gasteiger partial charge is 0.248 e. The molecule has 1 amide bonds. The molecular weight excluding hydrogens is 426 g/mol. The molecule has 0 saturated heterocycles. The van der Waals surface area contributed by atoms with E-state index in [-0.39, 0.29) is 11.3 Å². The second-order valence-corrected chi connectivity index (χ2v) is 9.45. The lowest BCUT2D eigenvalue weighted by Gasteiger charge is -2.40. The fourth-order valence-electron chi connectivity index (χ4n) is 4.20. The first-order chi connectivity index (χ1) is 16.3. The molecule has 0 aliphatic rings. The van der Waals surface area contributed by atoms with Crippen LogP contribution in [-0.2, 0) is 11.3 Å². The molecule has 3 aromatic rings. The van der Waals surface area contributed by atoms with Gasteiger partial charge in [0.1, 0.15) is 12.4 Å². The first kappa shape index (κ1) is 25.2. The van der Waals surface area contributed by atoms with Gasteiger partial charge in [-0.2, -0.15) is 5.26 Å². The molecule has 7 heteroatoms. The van der Waals surface area contributed by atoms with Crippen LogP contribution in [0.3, 0.4) is 0 Å². The summed E-state index contributed by atoms with van der Waals surface area (Å²) in [6.07, 6.45) is 2.61. The summed E-state index contributed by atoms with van der Waals surface area (Å²) in [6, 6.07) is 19.2. The van der Waals surface area contributed by atoms with Crippen molar-refractivity contribution in [1.29, 1.82) is 5.26 Å². The molecule has 2 aromatic carbocycles. The molecule has 0 radical (unpaired) electrons. The average Bonchev–Trinajstić information content (AvgIpc) is 3.23. The molecule has 3 N–H and O–H groups in total. The second-order valence-electron chi connectivity index (χ2n) is 9.45. The third-order valence-corrected chi connectivity index (χ3v) is 5.72. The molecule has 0 fully saturated rings. The van der Waals surface area contributed by atoms with E-state index in [4.69, 9.17) is 10.7 Å². The number of carbonyl (C=O) groups excluding carboxylic acids is 1. The number of nitriles is 1. The molecule has 7 nitrogen and oxygen atoms in total. The molecule has 1 unspecified atom stereocenters. The third kappa shape index (κ3) is 5.90. The quantitative estimate of drug-likeness (QED) is 0.507.